The van der Waals surface area contributed by atoms with Crippen molar-refractivity contribution in [3.05, 3.63) is 63.4 Å². The zero-order valence-electron chi connectivity index (χ0n) is 16.0. The fraction of sp³-hybridized carbons (Fsp3) is 0.238. The lowest BCUT2D eigenvalue weighted by molar-refractivity contribution is -0.113. The third-order valence-corrected chi connectivity index (χ3v) is 5.29. The van der Waals surface area contributed by atoms with Crippen molar-refractivity contribution in [2.24, 2.45) is 5.92 Å². The van der Waals surface area contributed by atoms with Crippen molar-refractivity contribution in [1.82, 2.24) is 9.55 Å². The van der Waals surface area contributed by atoms with Crippen LogP contribution in [0.4, 0.5) is 5.69 Å². The number of nitriles is 1. The van der Waals surface area contributed by atoms with Crippen molar-refractivity contribution in [3.8, 4) is 6.07 Å². The molecule has 2 aromatic carbocycles. The third kappa shape index (κ3) is 4.97. The number of nitrogens with zero attached hydrogens (tertiary/aromatic N) is 3. The molecule has 0 radical (unpaired) electrons. The first-order chi connectivity index (χ1) is 13.9. The van der Waals surface area contributed by atoms with Crippen LogP contribution in [0.2, 0.25) is 5.02 Å². The molecule has 3 aromatic rings. The minimum atomic E-state index is -0.278. The Kier molecular flexibility index (Phi) is 6.57. The van der Waals surface area contributed by atoms with Gasteiger partial charge in [-0.2, -0.15) is 5.26 Å². The number of thioether (sulfide) groups is 1. The van der Waals surface area contributed by atoms with E-state index in [1.54, 1.807) is 47.0 Å². The Labute approximate surface area is 177 Å². The number of carbonyl (C=O) groups is 1. The summed E-state index contributed by atoms with van der Waals surface area (Å²) in [4.78, 5) is 30.0. The number of anilines is 1. The van der Waals surface area contributed by atoms with E-state index in [0.717, 1.165) is 0 Å². The molecule has 3 rings (SSSR count). The Hall–Kier alpha value is -2.82. The first-order valence-corrected chi connectivity index (χ1v) is 10.4. The fourth-order valence-corrected chi connectivity index (χ4v) is 3.80. The Bertz CT molecular complexity index is 1170. The summed E-state index contributed by atoms with van der Waals surface area (Å²) in [6.45, 7) is 4.50. The van der Waals surface area contributed by atoms with Crippen molar-refractivity contribution in [1.29, 1.82) is 5.26 Å². The maximum atomic E-state index is 13.0. The number of aromatic nitrogens is 2. The van der Waals surface area contributed by atoms with E-state index in [1.165, 1.54) is 11.8 Å². The summed E-state index contributed by atoms with van der Waals surface area (Å²) in [6.07, 6.45) is 0. The number of amides is 1. The van der Waals surface area contributed by atoms with Crippen LogP contribution in [0.3, 0.4) is 0 Å². The maximum Gasteiger partial charge on any atom is 0.262 e. The number of benzene rings is 2. The van der Waals surface area contributed by atoms with Gasteiger partial charge in [0.1, 0.15) is 6.07 Å². The van der Waals surface area contributed by atoms with E-state index in [0.29, 0.717) is 38.9 Å². The highest BCUT2D eigenvalue weighted by molar-refractivity contribution is 7.99. The van der Waals surface area contributed by atoms with E-state index >= 15 is 0 Å². The Morgan fingerprint density at radius 3 is 2.79 bits per heavy atom. The van der Waals surface area contributed by atoms with E-state index in [-0.39, 0.29) is 23.1 Å². The van der Waals surface area contributed by atoms with Crippen LogP contribution in [0, 0.1) is 17.2 Å². The lowest BCUT2D eigenvalue weighted by Gasteiger charge is -2.15. The molecule has 1 N–H and O–H groups in total. The minimum absolute atomic E-state index is 0.0589. The second kappa shape index (κ2) is 9.12. The number of nitrogens with one attached hydrogen (secondary N) is 1. The second-order valence-electron chi connectivity index (χ2n) is 6.86. The highest BCUT2D eigenvalue weighted by Gasteiger charge is 2.15. The van der Waals surface area contributed by atoms with Gasteiger partial charge in [-0.25, -0.2) is 4.98 Å². The summed E-state index contributed by atoms with van der Waals surface area (Å²) in [7, 11) is 0. The van der Waals surface area contributed by atoms with Gasteiger partial charge in [-0.15, -0.1) is 0 Å². The van der Waals surface area contributed by atoms with E-state index in [2.05, 4.69) is 10.3 Å². The van der Waals surface area contributed by atoms with E-state index in [9.17, 15) is 9.59 Å². The number of hydrogen-bond donors (Lipinski definition) is 1. The molecule has 0 aliphatic heterocycles. The molecule has 6 nitrogen and oxygen atoms in total. The van der Waals surface area contributed by atoms with Crippen molar-refractivity contribution in [3.63, 3.8) is 0 Å². The predicted molar refractivity (Wildman–Crippen MR) is 116 cm³/mol. The largest absolute Gasteiger partial charge is 0.324 e. The van der Waals surface area contributed by atoms with Gasteiger partial charge in [-0.3, -0.25) is 14.2 Å². The molecular weight excluding hydrogens is 408 g/mol. The van der Waals surface area contributed by atoms with E-state index in [1.807, 2.05) is 19.9 Å². The van der Waals surface area contributed by atoms with Gasteiger partial charge in [-0.05, 0) is 36.2 Å². The second-order valence-corrected chi connectivity index (χ2v) is 8.24. The molecule has 0 unspecified atom stereocenters. The lowest BCUT2D eigenvalue weighted by Crippen LogP contribution is -2.26. The van der Waals surface area contributed by atoms with Gasteiger partial charge in [0.05, 0.1) is 27.9 Å². The summed E-state index contributed by atoms with van der Waals surface area (Å²) in [6, 6.07) is 13.8. The average Bonchev–Trinajstić information content (AvgIpc) is 2.69. The van der Waals surface area contributed by atoms with E-state index in [4.69, 9.17) is 16.9 Å². The van der Waals surface area contributed by atoms with Gasteiger partial charge >= 0.3 is 0 Å². The zero-order valence-corrected chi connectivity index (χ0v) is 17.5. The van der Waals surface area contributed by atoms with Gasteiger partial charge in [-0.1, -0.05) is 49.3 Å². The molecule has 29 heavy (non-hydrogen) atoms. The summed E-state index contributed by atoms with van der Waals surface area (Å²) >= 11 is 7.22. The monoisotopic (exact) mass is 426 g/mol. The van der Waals surface area contributed by atoms with Crippen LogP contribution in [0.5, 0.6) is 0 Å². The quantitative estimate of drug-likeness (QED) is 0.468. The maximum absolute atomic E-state index is 13.0. The van der Waals surface area contributed by atoms with Crippen molar-refractivity contribution in [2.75, 3.05) is 11.1 Å². The Morgan fingerprint density at radius 1 is 1.31 bits per heavy atom. The number of hydrogen-bond acceptors (Lipinski definition) is 5. The highest BCUT2D eigenvalue weighted by Crippen LogP contribution is 2.22. The molecular formula is C21H19ClN4O2S. The third-order valence-electron chi connectivity index (χ3n) is 4.08. The van der Waals surface area contributed by atoms with Crippen LogP contribution in [-0.4, -0.2) is 21.2 Å². The molecule has 1 amide bonds. The molecule has 8 heteroatoms. The molecule has 0 atom stereocenters. The predicted octanol–water partition coefficient (Wildman–Crippen LogP) is 4.31. The molecule has 1 aromatic heterocycles. The first kappa shape index (κ1) is 20.9. The van der Waals surface area contributed by atoms with Gasteiger partial charge in [0, 0.05) is 11.6 Å². The molecule has 0 saturated heterocycles. The smallest absolute Gasteiger partial charge is 0.262 e. The molecule has 0 aliphatic carbocycles. The van der Waals surface area contributed by atoms with Gasteiger partial charge < -0.3 is 5.32 Å². The molecule has 0 spiro atoms. The van der Waals surface area contributed by atoms with Crippen LogP contribution in [0.15, 0.2) is 52.4 Å². The topological polar surface area (TPSA) is 87.8 Å². The van der Waals surface area contributed by atoms with Crippen LogP contribution < -0.4 is 10.9 Å². The standard InChI is InChI=1S/C21H19ClN4O2S/c1-13(2)11-26-20(28)16-9-15(22)7-8-18(16)25-21(26)29-12-19(27)24-17-6-4-3-5-14(17)10-23/h3-9,13H,11-12H2,1-2H3,(H,24,27). The van der Waals surface area contributed by atoms with Crippen LogP contribution in [0.1, 0.15) is 19.4 Å². The minimum Gasteiger partial charge on any atom is -0.324 e. The number of fused-ring (bicyclic) bond motifs is 1. The highest BCUT2D eigenvalue weighted by atomic mass is 35.5. The number of carbonyl (C=O) groups excluding carboxylic acids is 1. The molecule has 0 aliphatic rings. The summed E-state index contributed by atoms with van der Waals surface area (Å²) < 4.78 is 1.59. The van der Waals surface area contributed by atoms with Gasteiger partial charge in [0.25, 0.3) is 5.56 Å². The SMILES string of the molecule is CC(C)Cn1c(SCC(=O)Nc2ccccc2C#N)nc2ccc(Cl)cc2c1=O. The number of rotatable bonds is 6. The van der Waals surface area contributed by atoms with Crippen molar-refractivity contribution in [2.45, 2.75) is 25.5 Å². The normalized spacial score (nSPS) is 10.9. The molecule has 0 fully saturated rings. The molecule has 1 heterocycles. The number of para-hydroxylation sites is 1. The molecule has 0 bridgehead atoms. The molecule has 0 saturated carbocycles. The average molecular weight is 427 g/mol. The molecule has 148 valence electrons. The van der Waals surface area contributed by atoms with E-state index < -0.39 is 0 Å². The van der Waals surface area contributed by atoms with Crippen molar-refractivity contribution >= 4 is 45.9 Å². The van der Waals surface area contributed by atoms with Crippen LogP contribution in [0.25, 0.3) is 10.9 Å². The summed E-state index contributed by atoms with van der Waals surface area (Å²) in [5, 5.41) is 13.3. The van der Waals surface area contributed by atoms with Crippen molar-refractivity contribution < 1.29 is 4.79 Å². The van der Waals surface area contributed by atoms with Gasteiger partial charge in [0.2, 0.25) is 5.91 Å². The summed E-state index contributed by atoms with van der Waals surface area (Å²) in [5.41, 5.74) is 1.21. The summed E-state index contributed by atoms with van der Waals surface area (Å²) in [5.74, 6) is 0.00435. The first-order valence-electron chi connectivity index (χ1n) is 9.01. The Balaban J connectivity index is 1.87. The van der Waals surface area contributed by atoms with Crippen LogP contribution >= 0.6 is 23.4 Å². The lowest BCUT2D eigenvalue weighted by atomic mass is 10.2. The fourth-order valence-electron chi connectivity index (χ4n) is 2.82. The van der Waals surface area contributed by atoms with Gasteiger partial charge in [0.15, 0.2) is 5.16 Å². The zero-order chi connectivity index (χ0) is 21.0. The Morgan fingerprint density at radius 2 is 2.07 bits per heavy atom. The number of halogens is 1. The van der Waals surface area contributed by atoms with Crippen LogP contribution in [-0.2, 0) is 11.3 Å².